The van der Waals surface area contributed by atoms with Crippen molar-refractivity contribution < 1.29 is 9.53 Å². The summed E-state index contributed by atoms with van der Waals surface area (Å²) >= 11 is 0. The number of nitriles is 1. The van der Waals surface area contributed by atoms with E-state index in [2.05, 4.69) is 10.3 Å². The van der Waals surface area contributed by atoms with Gasteiger partial charge in [-0.15, -0.1) is 5.10 Å². The largest absolute Gasteiger partial charge is 0.462 e. The molecule has 0 radical (unpaired) electrons. The van der Waals surface area contributed by atoms with E-state index in [1.165, 1.54) is 0 Å². The molecular weight excluding hydrogens is 268 g/mol. The van der Waals surface area contributed by atoms with Gasteiger partial charge in [0.1, 0.15) is 6.07 Å². The number of benzene rings is 1. The van der Waals surface area contributed by atoms with Crippen molar-refractivity contribution in [2.24, 2.45) is 0 Å². The van der Waals surface area contributed by atoms with E-state index in [0.717, 1.165) is 11.4 Å². The fraction of sp³-hybridized carbons (Fsp3) is 0.333. The van der Waals surface area contributed by atoms with E-state index >= 15 is 0 Å². The quantitative estimate of drug-likeness (QED) is 0.805. The normalized spacial score (nSPS) is 10.4. The lowest BCUT2D eigenvalue weighted by molar-refractivity contribution is 0.0526. The molecule has 1 aromatic carbocycles. The van der Waals surface area contributed by atoms with Crippen LogP contribution in [0.5, 0.6) is 0 Å². The summed E-state index contributed by atoms with van der Waals surface area (Å²) < 4.78 is 6.56. The third kappa shape index (κ3) is 2.92. The molecule has 108 valence electrons. The molecule has 0 bridgehead atoms. The molecule has 6 nitrogen and oxygen atoms in total. The molecule has 0 aliphatic carbocycles. The first-order valence-corrected chi connectivity index (χ1v) is 6.71. The van der Waals surface area contributed by atoms with Crippen molar-refractivity contribution in [1.82, 2.24) is 15.0 Å². The molecule has 0 saturated carbocycles. The molecule has 0 N–H and O–H groups in total. The van der Waals surface area contributed by atoms with E-state index in [9.17, 15) is 4.79 Å². The Balaban J connectivity index is 2.38. The van der Waals surface area contributed by atoms with Crippen LogP contribution in [0.25, 0.3) is 5.69 Å². The molecule has 0 atom stereocenters. The molecule has 2 rings (SSSR count). The number of ether oxygens (including phenoxy) is 1. The smallest absolute Gasteiger partial charge is 0.338 e. The summed E-state index contributed by atoms with van der Waals surface area (Å²) in [6.07, 6.45) is 0. The SMILES string of the molecule is CCOC(=O)c1ccc(-n2nnc(C#N)c2C(C)C)cc1. The van der Waals surface area contributed by atoms with Gasteiger partial charge in [0.15, 0.2) is 5.69 Å². The molecule has 21 heavy (non-hydrogen) atoms. The minimum atomic E-state index is -0.357. The Kier molecular flexibility index (Phi) is 4.33. The van der Waals surface area contributed by atoms with E-state index in [0.29, 0.717) is 17.9 Å². The molecule has 0 unspecified atom stereocenters. The Bertz CT molecular complexity index is 681. The van der Waals surface area contributed by atoms with Crippen molar-refractivity contribution in [3.8, 4) is 11.8 Å². The van der Waals surface area contributed by atoms with Crippen LogP contribution in [0.1, 0.15) is 48.4 Å². The average Bonchev–Trinajstić information content (AvgIpc) is 2.91. The maximum absolute atomic E-state index is 11.6. The fourth-order valence-corrected chi connectivity index (χ4v) is 2.03. The summed E-state index contributed by atoms with van der Waals surface area (Å²) in [5, 5.41) is 17.0. The van der Waals surface area contributed by atoms with Gasteiger partial charge in [-0.2, -0.15) is 5.26 Å². The number of hydrogen-bond donors (Lipinski definition) is 0. The number of carbonyl (C=O) groups excluding carboxylic acids is 1. The minimum absolute atomic E-state index is 0.111. The lowest BCUT2D eigenvalue weighted by Crippen LogP contribution is -2.07. The lowest BCUT2D eigenvalue weighted by atomic mass is 10.1. The highest BCUT2D eigenvalue weighted by Gasteiger charge is 2.17. The highest BCUT2D eigenvalue weighted by atomic mass is 16.5. The first-order chi connectivity index (χ1) is 10.1. The first kappa shape index (κ1) is 14.7. The number of esters is 1. The van der Waals surface area contributed by atoms with Gasteiger partial charge < -0.3 is 4.74 Å². The number of rotatable bonds is 4. The molecule has 0 aliphatic rings. The molecule has 2 aromatic rings. The van der Waals surface area contributed by atoms with Gasteiger partial charge in [-0.25, -0.2) is 9.48 Å². The summed E-state index contributed by atoms with van der Waals surface area (Å²) in [5.74, 6) is -0.246. The summed E-state index contributed by atoms with van der Waals surface area (Å²) in [4.78, 5) is 11.6. The summed E-state index contributed by atoms with van der Waals surface area (Å²) in [6, 6.07) is 8.90. The molecule has 0 aliphatic heterocycles. The summed E-state index contributed by atoms with van der Waals surface area (Å²) in [7, 11) is 0. The van der Waals surface area contributed by atoms with Crippen molar-refractivity contribution in [3.05, 3.63) is 41.2 Å². The third-order valence-corrected chi connectivity index (χ3v) is 2.98. The number of hydrogen-bond acceptors (Lipinski definition) is 5. The van der Waals surface area contributed by atoms with Crippen LogP contribution in [-0.4, -0.2) is 27.6 Å². The van der Waals surface area contributed by atoms with Gasteiger partial charge in [-0.1, -0.05) is 19.1 Å². The van der Waals surface area contributed by atoms with Crippen LogP contribution in [0.4, 0.5) is 0 Å². The fourth-order valence-electron chi connectivity index (χ4n) is 2.03. The van der Waals surface area contributed by atoms with Gasteiger partial charge in [0.25, 0.3) is 0 Å². The number of nitrogens with zero attached hydrogens (tertiary/aromatic N) is 4. The molecule has 0 saturated heterocycles. The van der Waals surface area contributed by atoms with Crippen molar-refractivity contribution in [1.29, 1.82) is 5.26 Å². The zero-order valence-electron chi connectivity index (χ0n) is 12.2. The van der Waals surface area contributed by atoms with Crippen LogP contribution in [0.3, 0.4) is 0 Å². The van der Waals surface area contributed by atoms with Crippen molar-refractivity contribution in [2.45, 2.75) is 26.7 Å². The van der Waals surface area contributed by atoms with Crippen LogP contribution in [0.2, 0.25) is 0 Å². The van der Waals surface area contributed by atoms with Crippen LogP contribution in [0, 0.1) is 11.3 Å². The molecule has 1 aromatic heterocycles. The zero-order chi connectivity index (χ0) is 15.4. The Morgan fingerprint density at radius 1 is 1.38 bits per heavy atom. The number of aromatic nitrogens is 3. The highest BCUT2D eigenvalue weighted by molar-refractivity contribution is 5.89. The third-order valence-electron chi connectivity index (χ3n) is 2.98. The molecular formula is C15H16N4O2. The Labute approximate surface area is 123 Å². The van der Waals surface area contributed by atoms with Crippen molar-refractivity contribution in [3.63, 3.8) is 0 Å². The molecule has 0 amide bonds. The van der Waals surface area contributed by atoms with E-state index in [-0.39, 0.29) is 11.9 Å². The van der Waals surface area contributed by atoms with E-state index < -0.39 is 0 Å². The molecule has 6 heteroatoms. The van der Waals surface area contributed by atoms with Crippen LogP contribution in [0.15, 0.2) is 24.3 Å². The standard InChI is InChI=1S/C15H16N4O2/c1-4-21-15(20)11-5-7-12(8-6-11)19-14(10(2)3)13(9-16)17-18-19/h5-8,10H,4H2,1-3H3. The zero-order valence-corrected chi connectivity index (χ0v) is 12.2. The second kappa shape index (κ2) is 6.18. The van der Waals surface area contributed by atoms with E-state index in [4.69, 9.17) is 10.00 Å². The van der Waals surface area contributed by atoms with Crippen LogP contribution >= 0.6 is 0 Å². The average molecular weight is 284 g/mol. The Morgan fingerprint density at radius 3 is 2.57 bits per heavy atom. The van der Waals surface area contributed by atoms with Crippen molar-refractivity contribution in [2.75, 3.05) is 6.61 Å². The minimum Gasteiger partial charge on any atom is -0.462 e. The number of carbonyl (C=O) groups is 1. The first-order valence-electron chi connectivity index (χ1n) is 6.71. The predicted octanol–water partition coefficient (Wildman–Crippen LogP) is 2.44. The molecule has 0 fully saturated rings. The van der Waals surface area contributed by atoms with Crippen molar-refractivity contribution >= 4 is 5.97 Å². The Morgan fingerprint density at radius 2 is 2.05 bits per heavy atom. The molecule has 1 heterocycles. The predicted molar refractivity (Wildman–Crippen MR) is 76.1 cm³/mol. The second-order valence-electron chi connectivity index (χ2n) is 4.77. The van der Waals surface area contributed by atoms with Gasteiger partial charge >= 0.3 is 5.97 Å². The second-order valence-corrected chi connectivity index (χ2v) is 4.77. The summed E-state index contributed by atoms with van der Waals surface area (Å²) in [6.45, 7) is 6.05. The van der Waals surface area contributed by atoms with Gasteiger partial charge in [0.05, 0.1) is 23.6 Å². The van der Waals surface area contributed by atoms with Crippen LogP contribution < -0.4 is 0 Å². The van der Waals surface area contributed by atoms with E-state index in [1.807, 2.05) is 19.9 Å². The summed E-state index contributed by atoms with van der Waals surface area (Å²) in [5.41, 5.74) is 2.30. The van der Waals surface area contributed by atoms with E-state index in [1.54, 1.807) is 35.9 Å². The van der Waals surface area contributed by atoms with Gasteiger partial charge in [-0.3, -0.25) is 0 Å². The lowest BCUT2D eigenvalue weighted by Gasteiger charge is -2.09. The highest BCUT2D eigenvalue weighted by Crippen LogP contribution is 2.21. The van der Waals surface area contributed by atoms with Gasteiger partial charge in [-0.05, 0) is 37.1 Å². The van der Waals surface area contributed by atoms with Gasteiger partial charge in [0.2, 0.25) is 0 Å². The van der Waals surface area contributed by atoms with Gasteiger partial charge in [0, 0.05) is 0 Å². The maximum atomic E-state index is 11.6. The van der Waals surface area contributed by atoms with Crippen LogP contribution in [-0.2, 0) is 4.74 Å². The Hall–Kier alpha value is -2.68. The molecule has 0 spiro atoms. The maximum Gasteiger partial charge on any atom is 0.338 e. The monoisotopic (exact) mass is 284 g/mol. The topological polar surface area (TPSA) is 80.8 Å².